The van der Waals surface area contributed by atoms with Gasteiger partial charge in [-0.1, -0.05) is 31.2 Å². The number of halogens is 1. The Hall–Kier alpha value is -2.33. The van der Waals surface area contributed by atoms with E-state index in [1.165, 1.54) is 4.90 Å². The minimum absolute atomic E-state index is 0.285. The maximum atomic E-state index is 12.6. The quantitative estimate of drug-likeness (QED) is 0.613. The first-order valence-corrected chi connectivity index (χ1v) is 7.83. The second-order valence-corrected chi connectivity index (χ2v) is 5.73. The molecule has 0 spiro atoms. The molecule has 0 aromatic heterocycles. The van der Waals surface area contributed by atoms with Crippen molar-refractivity contribution >= 4 is 34.2 Å². The Labute approximate surface area is 139 Å². The number of carbonyl (C=O) groups is 2. The Morgan fingerprint density at radius 3 is 2.39 bits per heavy atom. The highest BCUT2D eigenvalue weighted by Gasteiger charge is 2.33. The van der Waals surface area contributed by atoms with Crippen LogP contribution >= 0.6 is 11.6 Å². The molecule has 2 aromatic rings. The van der Waals surface area contributed by atoms with Crippen molar-refractivity contribution in [2.75, 3.05) is 13.2 Å². The van der Waals surface area contributed by atoms with Crippen LogP contribution in [-0.2, 0) is 0 Å². The summed E-state index contributed by atoms with van der Waals surface area (Å²) in [7, 11) is 0. The molecule has 0 atom stereocenters. The van der Waals surface area contributed by atoms with E-state index in [2.05, 4.69) is 6.58 Å². The van der Waals surface area contributed by atoms with E-state index in [-0.39, 0.29) is 11.8 Å². The third-order valence-corrected chi connectivity index (χ3v) is 4.14. The maximum Gasteiger partial charge on any atom is 0.261 e. The lowest BCUT2D eigenvalue weighted by atomic mass is 9.93. The second kappa shape index (κ2) is 6.05. The van der Waals surface area contributed by atoms with Crippen molar-refractivity contribution in [3.63, 3.8) is 0 Å². The molecule has 118 valence electrons. The van der Waals surface area contributed by atoms with Crippen LogP contribution in [-0.4, -0.2) is 29.9 Å². The van der Waals surface area contributed by atoms with Gasteiger partial charge < -0.3 is 4.74 Å². The Kier molecular flexibility index (Phi) is 4.09. The van der Waals surface area contributed by atoms with Crippen LogP contribution in [0.2, 0.25) is 5.02 Å². The average molecular weight is 330 g/mol. The maximum absolute atomic E-state index is 12.6. The summed E-state index contributed by atoms with van der Waals surface area (Å²) < 4.78 is 5.63. The number of ether oxygens (including phenoxy) is 1. The number of benzene rings is 2. The fourth-order valence-corrected chi connectivity index (χ4v) is 3.11. The van der Waals surface area contributed by atoms with E-state index in [0.717, 1.165) is 0 Å². The topological polar surface area (TPSA) is 46.6 Å². The van der Waals surface area contributed by atoms with Crippen molar-refractivity contribution in [1.29, 1.82) is 0 Å². The summed E-state index contributed by atoms with van der Waals surface area (Å²) in [4.78, 5) is 26.6. The summed E-state index contributed by atoms with van der Waals surface area (Å²) in [6, 6.07) is 6.75. The zero-order chi connectivity index (χ0) is 16.6. The van der Waals surface area contributed by atoms with E-state index in [1.807, 2.05) is 6.92 Å². The van der Waals surface area contributed by atoms with Crippen LogP contribution in [0.15, 0.2) is 36.9 Å². The molecule has 3 rings (SSSR count). The molecule has 0 fully saturated rings. The molecular weight excluding hydrogens is 314 g/mol. The first kappa shape index (κ1) is 15.6. The number of imide groups is 1. The highest BCUT2D eigenvalue weighted by molar-refractivity contribution is 6.38. The van der Waals surface area contributed by atoms with Crippen LogP contribution < -0.4 is 4.74 Å². The van der Waals surface area contributed by atoms with Gasteiger partial charge in [-0.05, 0) is 30.7 Å². The molecule has 2 amide bonds. The predicted octanol–water partition coefficient (Wildman–Crippen LogP) is 4.06. The van der Waals surface area contributed by atoms with Gasteiger partial charge in [0.25, 0.3) is 11.8 Å². The van der Waals surface area contributed by atoms with E-state index in [0.29, 0.717) is 52.2 Å². The Balaban J connectivity index is 2.29. The van der Waals surface area contributed by atoms with Gasteiger partial charge in [0, 0.05) is 28.4 Å². The van der Waals surface area contributed by atoms with Crippen LogP contribution in [0.3, 0.4) is 0 Å². The second-order valence-electron chi connectivity index (χ2n) is 5.32. The molecule has 0 aliphatic carbocycles. The lowest BCUT2D eigenvalue weighted by Gasteiger charge is -2.27. The molecule has 23 heavy (non-hydrogen) atoms. The van der Waals surface area contributed by atoms with Gasteiger partial charge in [0.2, 0.25) is 0 Å². The molecular formula is C18H16ClNO3. The minimum atomic E-state index is -0.285. The van der Waals surface area contributed by atoms with Gasteiger partial charge in [-0.2, -0.15) is 0 Å². The molecule has 0 radical (unpaired) electrons. The zero-order valence-corrected chi connectivity index (χ0v) is 13.5. The zero-order valence-electron chi connectivity index (χ0n) is 12.8. The van der Waals surface area contributed by atoms with Crippen molar-refractivity contribution in [2.45, 2.75) is 13.3 Å². The lowest BCUT2D eigenvalue weighted by Crippen LogP contribution is -2.40. The monoisotopic (exact) mass is 329 g/mol. The van der Waals surface area contributed by atoms with Crippen molar-refractivity contribution in [2.24, 2.45) is 0 Å². The average Bonchev–Trinajstić information content (AvgIpc) is 2.55. The molecule has 1 heterocycles. The third-order valence-electron chi connectivity index (χ3n) is 3.83. The SMILES string of the molecule is C=CCOc1ccc2c3c(ccc(Cl)c13)C(=O)N(CCC)C2=O. The number of rotatable bonds is 5. The standard InChI is InChI=1S/C18H16ClNO3/c1-3-9-20-17(21)11-5-7-13(19)16-14(23-10-4-2)8-6-12(15(11)16)18(20)22/h4-8H,2-3,9-10H2,1H3. The molecule has 0 saturated carbocycles. The number of carbonyl (C=O) groups excluding carboxylic acids is 2. The molecule has 5 heteroatoms. The van der Waals surface area contributed by atoms with E-state index in [4.69, 9.17) is 16.3 Å². The van der Waals surface area contributed by atoms with Gasteiger partial charge in [-0.15, -0.1) is 0 Å². The van der Waals surface area contributed by atoms with Crippen molar-refractivity contribution < 1.29 is 14.3 Å². The van der Waals surface area contributed by atoms with Gasteiger partial charge in [-0.25, -0.2) is 0 Å². The fraction of sp³-hybridized carbons (Fsp3) is 0.222. The summed E-state index contributed by atoms with van der Waals surface area (Å²) >= 11 is 6.32. The van der Waals surface area contributed by atoms with Crippen LogP contribution in [0.25, 0.3) is 10.8 Å². The number of nitrogens with zero attached hydrogens (tertiary/aromatic N) is 1. The van der Waals surface area contributed by atoms with Gasteiger partial charge in [-0.3, -0.25) is 14.5 Å². The number of hydrogen-bond acceptors (Lipinski definition) is 3. The molecule has 1 aliphatic heterocycles. The first-order chi connectivity index (χ1) is 11.1. The van der Waals surface area contributed by atoms with Crippen molar-refractivity contribution in [3.8, 4) is 5.75 Å². The predicted molar refractivity (Wildman–Crippen MR) is 90.3 cm³/mol. The molecule has 2 aromatic carbocycles. The smallest absolute Gasteiger partial charge is 0.261 e. The molecule has 0 N–H and O–H groups in total. The van der Waals surface area contributed by atoms with E-state index in [1.54, 1.807) is 30.3 Å². The van der Waals surface area contributed by atoms with Crippen LogP contribution in [0.1, 0.15) is 34.1 Å². The number of hydrogen-bond donors (Lipinski definition) is 0. The van der Waals surface area contributed by atoms with Crippen LogP contribution in [0.4, 0.5) is 0 Å². The van der Waals surface area contributed by atoms with Gasteiger partial charge in [0.15, 0.2) is 0 Å². The van der Waals surface area contributed by atoms with Crippen LogP contribution in [0.5, 0.6) is 5.75 Å². The fourth-order valence-electron chi connectivity index (χ4n) is 2.86. The van der Waals surface area contributed by atoms with E-state index < -0.39 is 0 Å². The number of amides is 2. The van der Waals surface area contributed by atoms with Crippen molar-refractivity contribution in [3.05, 3.63) is 53.1 Å². The summed E-state index contributed by atoms with van der Waals surface area (Å²) in [5.41, 5.74) is 0.966. The summed E-state index contributed by atoms with van der Waals surface area (Å²) in [5, 5.41) is 1.62. The molecule has 1 aliphatic rings. The third kappa shape index (κ3) is 2.39. The molecule has 4 nitrogen and oxygen atoms in total. The largest absolute Gasteiger partial charge is 0.489 e. The minimum Gasteiger partial charge on any atom is -0.489 e. The summed E-state index contributed by atoms with van der Waals surface area (Å²) in [6.07, 6.45) is 2.34. The lowest BCUT2D eigenvalue weighted by molar-refractivity contribution is 0.0610. The summed E-state index contributed by atoms with van der Waals surface area (Å²) in [5.74, 6) is -0.0289. The molecule has 0 saturated heterocycles. The molecule has 0 unspecified atom stereocenters. The Morgan fingerprint density at radius 2 is 1.78 bits per heavy atom. The Bertz CT molecular complexity index is 806. The highest BCUT2D eigenvalue weighted by Crippen LogP contribution is 2.39. The van der Waals surface area contributed by atoms with Crippen LogP contribution in [0, 0.1) is 0 Å². The first-order valence-electron chi connectivity index (χ1n) is 7.45. The Morgan fingerprint density at radius 1 is 1.13 bits per heavy atom. The van der Waals surface area contributed by atoms with E-state index >= 15 is 0 Å². The summed E-state index contributed by atoms with van der Waals surface area (Å²) in [6.45, 7) is 6.27. The normalized spacial score (nSPS) is 13.6. The van der Waals surface area contributed by atoms with E-state index in [9.17, 15) is 9.59 Å². The molecule has 0 bridgehead atoms. The van der Waals surface area contributed by atoms with Gasteiger partial charge >= 0.3 is 0 Å². The van der Waals surface area contributed by atoms with Gasteiger partial charge in [0.1, 0.15) is 12.4 Å². The van der Waals surface area contributed by atoms with Gasteiger partial charge in [0.05, 0.1) is 5.02 Å². The van der Waals surface area contributed by atoms with Crippen molar-refractivity contribution in [1.82, 2.24) is 4.90 Å². The highest BCUT2D eigenvalue weighted by atomic mass is 35.5.